The lowest BCUT2D eigenvalue weighted by molar-refractivity contribution is -0.131. The predicted octanol–water partition coefficient (Wildman–Crippen LogP) is 0.938. The lowest BCUT2D eigenvalue weighted by atomic mass is 10.3. The van der Waals surface area contributed by atoms with Crippen molar-refractivity contribution in [2.45, 2.75) is 25.3 Å². The molecule has 118 valence electrons. The standard InChI is InChI=1S/C15H21N5O2/c1-17-6-7-19(15(17)22)13-8-16-20(10-13)12-4-5-18(9-12)14(21)11-2-3-11/h8,10-12H,2-7,9H2,1H3. The van der Waals surface area contributed by atoms with E-state index in [-0.39, 0.29) is 18.0 Å². The first-order valence-corrected chi connectivity index (χ1v) is 7.99. The summed E-state index contributed by atoms with van der Waals surface area (Å²) in [6, 6.07) is 0.253. The molecule has 1 saturated carbocycles. The van der Waals surface area contributed by atoms with Crippen LogP contribution in [0, 0.1) is 5.92 Å². The van der Waals surface area contributed by atoms with E-state index in [0.717, 1.165) is 44.6 Å². The minimum atomic E-state index is 0.0245. The quantitative estimate of drug-likeness (QED) is 0.835. The van der Waals surface area contributed by atoms with Gasteiger partial charge in [-0.15, -0.1) is 0 Å². The van der Waals surface area contributed by atoms with Crippen molar-refractivity contribution in [3.05, 3.63) is 12.4 Å². The highest BCUT2D eigenvalue weighted by Gasteiger charge is 2.37. The van der Waals surface area contributed by atoms with Gasteiger partial charge < -0.3 is 9.80 Å². The van der Waals surface area contributed by atoms with Gasteiger partial charge in [0.25, 0.3) is 0 Å². The molecule has 3 amide bonds. The van der Waals surface area contributed by atoms with Crippen LogP contribution < -0.4 is 4.90 Å². The largest absolute Gasteiger partial charge is 0.340 e. The Balaban J connectivity index is 1.44. The lowest BCUT2D eigenvalue weighted by Gasteiger charge is -2.16. The van der Waals surface area contributed by atoms with Crippen LogP contribution in [-0.2, 0) is 4.79 Å². The summed E-state index contributed by atoms with van der Waals surface area (Å²) in [6.45, 7) is 3.01. The molecule has 7 heteroatoms. The highest BCUT2D eigenvalue weighted by Crippen LogP contribution is 2.34. The van der Waals surface area contributed by atoms with Crippen molar-refractivity contribution < 1.29 is 9.59 Å². The molecule has 0 aromatic carbocycles. The number of likely N-dealkylation sites (tertiary alicyclic amines) is 1. The average molecular weight is 303 g/mol. The normalized spacial score (nSPS) is 25.4. The summed E-state index contributed by atoms with van der Waals surface area (Å²) in [4.78, 5) is 29.6. The highest BCUT2D eigenvalue weighted by molar-refractivity contribution is 5.93. The first kappa shape index (κ1) is 13.6. The van der Waals surface area contributed by atoms with E-state index in [1.165, 1.54) is 0 Å². The van der Waals surface area contributed by atoms with E-state index < -0.39 is 0 Å². The topological polar surface area (TPSA) is 61.7 Å². The van der Waals surface area contributed by atoms with Gasteiger partial charge in [0.2, 0.25) is 5.91 Å². The zero-order valence-corrected chi connectivity index (χ0v) is 12.8. The Bertz CT molecular complexity index is 609. The van der Waals surface area contributed by atoms with Gasteiger partial charge in [-0.3, -0.25) is 14.4 Å². The Morgan fingerprint density at radius 2 is 2.05 bits per heavy atom. The second kappa shape index (κ2) is 5.00. The maximum atomic E-state index is 12.1. The first-order valence-electron chi connectivity index (χ1n) is 7.99. The molecule has 1 aromatic heterocycles. The number of carbonyl (C=O) groups excluding carboxylic acids is 2. The van der Waals surface area contributed by atoms with Crippen LogP contribution in [0.4, 0.5) is 10.5 Å². The summed E-state index contributed by atoms with van der Waals surface area (Å²) in [6.07, 6.45) is 6.73. The molecule has 3 heterocycles. The van der Waals surface area contributed by atoms with E-state index in [9.17, 15) is 9.59 Å². The molecule has 1 aromatic rings. The molecule has 0 spiro atoms. The Kier molecular flexibility index (Phi) is 3.09. The van der Waals surface area contributed by atoms with Crippen LogP contribution in [0.5, 0.6) is 0 Å². The summed E-state index contributed by atoms with van der Waals surface area (Å²) in [5, 5.41) is 4.42. The van der Waals surface area contributed by atoms with Crippen LogP contribution >= 0.6 is 0 Å². The van der Waals surface area contributed by atoms with Crippen LogP contribution in [-0.4, -0.2) is 64.7 Å². The fourth-order valence-electron chi connectivity index (χ4n) is 3.30. The van der Waals surface area contributed by atoms with Gasteiger partial charge in [0.15, 0.2) is 0 Å². The predicted molar refractivity (Wildman–Crippen MR) is 80.6 cm³/mol. The number of likely N-dealkylation sites (N-methyl/N-ethyl adjacent to an activating group) is 1. The molecular weight excluding hydrogens is 282 g/mol. The molecule has 3 fully saturated rings. The third kappa shape index (κ3) is 2.24. The van der Waals surface area contributed by atoms with E-state index in [1.807, 2.05) is 22.8 Å². The summed E-state index contributed by atoms with van der Waals surface area (Å²) in [5.74, 6) is 0.593. The number of hydrogen-bond acceptors (Lipinski definition) is 3. The maximum Gasteiger partial charge on any atom is 0.324 e. The number of carbonyl (C=O) groups is 2. The molecule has 7 nitrogen and oxygen atoms in total. The summed E-state index contributed by atoms with van der Waals surface area (Å²) in [7, 11) is 1.81. The van der Waals surface area contributed by atoms with Gasteiger partial charge in [0.05, 0.1) is 17.9 Å². The van der Waals surface area contributed by atoms with Crippen molar-refractivity contribution in [2.24, 2.45) is 5.92 Å². The van der Waals surface area contributed by atoms with Gasteiger partial charge in [0.1, 0.15) is 0 Å². The van der Waals surface area contributed by atoms with Crippen LogP contribution in [0.3, 0.4) is 0 Å². The second-order valence-electron chi connectivity index (χ2n) is 6.54. The SMILES string of the molecule is CN1CCN(c2cnn(C3CCN(C(=O)C4CC4)C3)c2)C1=O. The molecule has 3 aliphatic rings. The summed E-state index contributed by atoms with van der Waals surface area (Å²) >= 11 is 0. The van der Waals surface area contributed by atoms with Crippen LogP contribution in [0.15, 0.2) is 12.4 Å². The summed E-state index contributed by atoms with van der Waals surface area (Å²) < 4.78 is 1.92. The van der Waals surface area contributed by atoms with Gasteiger partial charge >= 0.3 is 6.03 Å². The number of amides is 3. The molecular formula is C15H21N5O2. The highest BCUT2D eigenvalue weighted by atomic mass is 16.2. The van der Waals surface area contributed by atoms with Gasteiger partial charge in [-0.25, -0.2) is 4.79 Å². The van der Waals surface area contributed by atoms with Crippen LogP contribution in [0.25, 0.3) is 0 Å². The number of nitrogens with zero attached hydrogens (tertiary/aromatic N) is 5. The Morgan fingerprint density at radius 3 is 2.73 bits per heavy atom. The van der Waals surface area contributed by atoms with Crippen molar-refractivity contribution >= 4 is 17.6 Å². The Hall–Kier alpha value is -2.05. The van der Waals surface area contributed by atoms with Crippen LogP contribution in [0.2, 0.25) is 0 Å². The van der Waals surface area contributed by atoms with E-state index in [0.29, 0.717) is 12.5 Å². The first-order chi connectivity index (χ1) is 10.6. The molecule has 0 radical (unpaired) electrons. The lowest BCUT2D eigenvalue weighted by Crippen LogP contribution is -2.30. The molecule has 2 aliphatic heterocycles. The van der Waals surface area contributed by atoms with Gasteiger partial charge in [-0.05, 0) is 19.3 Å². The molecule has 1 atom stereocenters. The number of anilines is 1. The molecule has 1 unspecified atom stereocenters. The molecule has 1 aliphatic carbocycles. The zero-order valence-electron chi connectivity index (χ0n) is 12.8. The van der Waals surface area contributed by atoms with E-state index in [1.54, 1.807) is 16.0 Å². The number of urea groups is 1. The van der Waals surface area contributed by atoms with Gasteiger partial charge in [0, 0.05) is 45.3 Å². The second-order valence-corrected chi connectivity index (χ2v) is 6.54. The molecule has 0 bridgehead atoms. The third-order valence-electron chi connectivity index (χ3n) is 4.89. The third-order valence-corrected chi connectivity index (χ3v) is 4.89. The van der Waals surface area contributed by atoms with Crippen molar-refractivity contribution in [1.29, 1.82) is 0 Å². The number of rotatable bonds is 3. The van der Waals surface area contributed by atoms with Crippen LogP contribution in [0.1, 0.15) is 25.3 Å². The minimum Gasteiger partial charge on any atom is -0.340 e. The van der Waals surface area contributed by atoms with Gasteiger partial charge in [-0.1, -0.05) is 0 Å². The number of hydrogen-bond donors (Lipinski definition) is 0. The van der Waals surface area contributed by atoms with Crippen molar-refractivity contribution in [1.82, 2.24) is 19.6 Å². The maximum absolute atomic E-state index is 12.1. The monoisotopic (exact) mass is 303 g/mol. The fraction of sp³-hybridized carbons (Fsp3) is 0.667. The Morgan fingerprint density at radius 1 is 1.23 bits per heavy atom. The Labute approximate surface area is 129 Å². The van der Waals surface area contributed by atoms with Crippen molar-refractivity contribution in [3.63, 3.8) is 0 Å². The smallest absolute Gasteiger partial charge is 0.324 e. The van der Waals surface area contributed by atoms with Crippen molar-refractivity contribution in [3.8, 4) is 0 Å². The van der Waals surface area contributed by atoms with Gasteiger partial charge in [-0.2, -0.15) is 5.10 Å². The average Bonchev–Trinajstić information content (AvgIpc) is 2.92. The number of aromatic nitrogens is 2. The fourth-order valence-corrected chi connectivity index (χ4v) is 3.30. The molecule has 2 saturated heterocycles. The molecule has 22 heavy (non-hydrogen) atoms. The summed E-state index contributed by atoms with van der Waals surface area (Å²) in [5.41, 5.74) is 0.848. The molecule has 4 rings (SSSR count). The molecule has 0 N–H and O–H groups in total. The zero-order chi connectivity index (χ0) is 15.3. The van der Waals surface area contributed by atoms with E-state index in [2.05, 4.69) is 5.10 Å². The van der Waals surface area contributed by atoms with E-state index in [4.69, 9.17) is 0 Å². The minimum absolute atomic E-state index is 0.0245. The van der Waals surface area contributed by atoms with Crippen molar-refractivity contribution in [2.75, 3.05) is 38.1 Å². The van der Waals surface area contributed by atoms with E-state index >= 15 is 0 Å².